The van der Waals surface area contributed by atoms with Crippen molar-refractivity contribution in [3.8, 4) is 17.6 Å². The van der Waals surface area contributed by atoms with E-state index in [0.29, 0.717) is 23.7 Å². The summed E-state index contributed by atoms with van der Waals surface area (Å²) in [6.07, 6.45) is 0. The highest BCUT2D eigenvalue weighted by Crippen LogP contribution is 2.29. The lowest BCUT2D eigenvalue weighted by atomic mass is 9.94. The number of benzene rings is 1. The van der Waals surface area contributed by atoms with E-state index in [2.05, 4.69) is 6.07 Å². The SMILES string of the molecule is CCOc1cc(C#N)ccc1OCC(C)(O)C(C)C. The first-order valence-corrected chi connectivity index (χ1v) is 6.42. The van der Waals surface area contributed by atoms with Crippen LogP contribution in [-0.2, 0) is 0 Å². The average Bonchev–Trinajstić information content (AvgIpc) is 2.37. The average molecular weight is 263 g/mol. The predicted molar refractivity (Wildman–Crippen MR) is 73.3 cm³/mol. The van der Waals surface area contributed by atoms with E-state index < -0.39 is 5.60 Å². The zero-order chi connectivity index (χ0) is 14.5. The third-order valence-electron chi connectivity index (χ3n) is 3.14. The molecule has 0 aliphatic rings. The second-order valence-electron chi connectivity index (χ2n) is 5.01. The Kier molecular flexibility index (Phi) is 5.20. The Morgan fingerprint density at radius 3 is 2.53 bits per heavy atom. The summed E-state index contributed by atoms with van der Waals surface area (Å²) < 4.78 is 11.1. The van der Waals surface area contributed by atoms with E-state index in [1.807, 2.05) is 20.8 Å². The molecule has 0 aliphatic heterocycles. The lowest BCUT2D eigenvalue weighted by Crippen LogP contribution is -2.37. The maximum atomic E-state index is 10.2. The minimum Gasteiger partial charge on any atom is -0.490 e. The van der Waals surface area contributed by atoms with Crippen LogP contribution in [0.1, 0.15) is 33.3 Å². The molecule has 104 valence electrons. The van der Waals surface area contributed by atoms with Crippen molar-refractivity contribution in [2.24, 2.45) is 5.92 Å². The quantitative estimate of drug-likeness (QED) is 0.857. The molecule has 4 heteroatoms. The van der Waals surface area contributed by atoms with E-state index in [1.54, 1.807) is 25.1 Å². The lowest BCUT2D eigenvalue weighted by Gasteiger charge is -2.27. The van der Waals surface area contributed by atoms with Crippen molar-refractivity contribution < 1.29 is 14.6 Å². The Hall–Kier alpha value is -1.73. The maximum absolute atomic E-state index is 10.2. The first kappa shape index (κ1) is 15.3. The van der Waals surface area contributed by atoms with E-state index >= 15 is 0 Å². The van der Waals surface area contributed by atoms with Crippen LogP contribution in [0.2, 0.25) is 0 Å². The van der Waals surface area contributed by atoms with Crippen molar-refractivity contribution in [2.45, 2.75) is 33.3 Å². The van der Waals surface area contributed by atoms with Crippen LogP contribution in [-0.4, -0.2) is 23.9 Å². The molecule has 0 radical (unpaired) electrons. The third kappa shape index (κ3) is 4.15. The fraction of sp³-hybridized carbons (Fsp3) is 0.533. The Balaban J connectivity index is 2.86. The van der Waals surface area contributed by atoms with Crippen molar-refractivity contribution in [3.63, 3.8) is 0 Å². The van der Waals surface area contributed by atoms with Gasteiger partial charge in [-0.3, -0.25) is 0 Å². The number of ether oxygens (including phenoxy) is 2. The van der Waals surface area contributed by atoms with Gasteiger partial charge in [0, 0.05) is 6.07 Å². The smallest absolute Gasteiger partial charge is 0.162 e. The van der Waals surface area contributed by atoms with Gasteiger partial charge in [-0.15, -0.1) is 0 Å². The standard InChI is InChI=1S/C15H21NO3/c1-5-18-14-8-12(9-16)6-7-13(14)19-10-15(4,17)11(2)3/h6-8,11,17H,5,10H2,1-4H3. The van der Waals surface area contributed by atoms with Gasteiger partial charge in [0.05, 0.1) is 23.8 Å². The molecule has 0 saturated carbocycles. The number of hydrogen-bond donors (Lipinski definition) is 1. The number of hydrogen-bond acceptors (Lipinski definition) is 4. The molecule has 0 aromatic heterocycles. The summed E-state index contributed by atoms with van der Waals surface area (Å²) in [7, 11) is 0. The molecule has 0 saturated heterocycles. The summed E-state index contributed by atoms with van der Waals surface area (Å²) in [5.41, 5.74) is -0.386. The maximum Gasteiger partial charge on any atom is 0.162 e. The molecule has 1 atom stereocenters. The van der Waals surface area contributed by atoms with Gasteiger partial charge in [0.1, 0.15) is 6.61 Å². The number of nitriles is 1. The van der Waals surface area contributed by atoms with Crippen LogP contribution in [0.5, 0.6) is 11.5 Å². The molecule has 0 spiro atoms. The van der Waals surface area contributed by atoms with Gasteiger partial charge < -0.3 is 14.6 Å². The first-order valence-electron chi connectivity index (χ1n) is 6.42. The molecule has 1 aromatic rings. The third-order valence-corrected chi connectivity index (χ3v) is 3.14. The first-order chi connectivity index (χ1) is 8.90. The topological polar surface area (TPSA) is 62.5 Å². The highest BCUT2D eigenvalue weighted by atomic mass is 16.5. The van der Waals surface area contributed by atoms with Crippen LogP contribution in [0.4, 0.5) is 0 Å². The Bertz CT molecular complexity index is 461. The molecule has 0 heterocycles. The number of nitrogens with zero attached hydrogens (tertiary/aromatic N) is 1. The Labute approximate surface area is 114 Å². The Morgan fingerprint density at radius 1 is 1.32 bits per heavy atom. The van der Waals surface area contributed by atoms with Crippen molar-refractivity contribution >= 4 is 0 Å². The Morgan fingerprint density at radius 2 is 2.00 bits per heavy atom. The molecule has 1 N–H and O–H groups in total. The van der Waals surface area contributed by atoms with Gasteiger partial charge >= 0.3 is 0 Å². The van der Waals surface area contributed by atoms with E-state index in [9.17, 15) is 5.11 Å². The van der Waals surface area contributed by atoms with E-state index in [1.165, 1.54) is 0 Å². The van der Waals surface area contributed by atoms with E-state index in [4.69, 9.17) is 14.7 Å². The highest BCUT2D eigenvalue weighted by molar-refractivity contribution is 5.46. The van der Waals surface area contributed by atoms with Gasteiger partial charge in [0.2, 0.25) is 0 Å². The summed E-state index contributed by atoms with van der Waals surface area (Å²) in [5.74, 6) is 1.16. The van der Waals surface area contributed by atoms with Crippen LogP contribution < -0.4 is 9.47 Å². The number of aliphatic hydroxyl groups is 1. The number of rotatable bonds is 6. The molecule has 1 unspecified atom stereocenters. The fourth-order valence-corrected chi connectivity index (χ4v) is 1.36. The minimum absolute atomic E-state index is 0.0847. The van der Waals surface area contributed by atoms with Crippen LogP contribution in [0.3, 0.4) is 0 Å². The molecule has 1 aromatic carbocycles. The summed E-state index contributed by atoms with van der Waals surface area (Å²) in [5, 5.41) is 19.0. The molecule has 1 rings (SSSR count). The van der Waals surface area contributed by atoms with Crippen molar-refractivity contribution in [3.05, 3.63) is 23.8 Å². The van der Waals surface area contributed by atoms with Gasteiger partial charge in [0.15, 0.2) is 11.5 Å². The van der Waals surface area contributed by atoms with Crippen molar-refractivity contribution in [1.29, 1.82) is 5.26 Å². The normalized spacial score (nSPS) is 13.7. The van der Waals surface area contributed by atoms with E-state index in [0.717, 1.165) is 0 Å². The van der Waals surface area contributed by atoms with Gasteiger partial charge in [0.25, 0.3) is 0 Å². The second kappa shape index (κ2) is 6.44. The van der Waals surface area contributed by atoms with E-state index in [-0.39, 0.29) is 12.5 Å². The minimum atomic E-state index is -0.905. The van der Waals surface area contributed by atoms with Gasteiger partial charge in [-0.05, 0) is 31.9 Å². The summed E-state index contributed by atoms with van der Waals surface area (Å²) in [4.78, 5) is 0. The van der Waals surface area contributed by atoms with Gasteiger partial charge in [-0.25, -0.2) is 0 Å². The molecule has 4 nitrogen and oxygen atoms in total. The predicted octanol–water partition coefficient (Wildman–Crippen LogP) is 2.74. The summed E-state index contributed by atoms with van der Waals surface area (Å²) in [6.45, 7) is 8.15. The van der Waals surface area contributed by atoms with Gasteiger partial charge in [-0.1, -0.05) is 13.8 Å². The van der Waals surface area contributed by atoms with Gasteiger partial charge in [-0.2, -0.15) is 5.26 Å². The van der Waals surface area contributed by atoms with Crippen molar-refractivity contribution in [1.82, 2.24) is 0 Å². The molecule has 0 aliphatic carbocycles. The van der Waals surface area contributed by atoms with Crippen LogP contribution in [0, 0.1) is 17.2 Å². The van der Waals surface area contributed by atoms with Crippen LogP contribution >= 0.6 is 0 Å². The zero-order valence-electron chi connectivity index (χ0n) is 11.9. The molecule has 0 fully saturated rings. The van der Waals surface area contributed by atoms with Crippen LogP contribution in [0.15, 0.2) is 18.2 Å². The molecule has 0 bridgehead atoms. The molecule has 0 amide bonds. The molecule has 19 heavy (non-hydrogen) atoms. The highest BCUT2D eigenvalue weighted by Gasteiger charge is 2.26. The zero-order valence-corrected chi connectivity index (χ0v) is 11.9. The monoisotopic (exact) mass is 263 g/mol. The summed E-state index contributed by atoms with van der Waals surface area (Å²) >= 11 is 0. The summed E-state index contributed by atoms with van der Waals surface area (Å²) in [6, 6.07) is 7.06. The van der Waals surface area contributed by atoms with Crippen LogP contribution in [0.25, 0.3) is 0 Å². The largest absolute Gasteiger partial charge is 0.490 e. The molecular weight excluding hydrogens is 242 g/mol. The van der Waals surface area contributed by atoms with Crippen molar-refractivity contribution in [2.75, 3.05) is 13.2 Å². The molecular formula is C15H21NO3. The lowest BCUT2D eigenvalue weighted by molar-refractivity contribution is -0.0272. The second-order valence-corrected chi connectivity index (χ2v) is 5.01. The fourth-order valence-electron chi connectivity index (χ4n) is 1.36.